The lowest BCUT2D eigenvalue weighted by atomic mass is 10.0. The van der Waals surface area contributed by atoms with E-state index in [1.807, 2.05) is 0 Å². The van der Waals surface area contributed by atoms with Gasteiger partial charge in [0.15, 0.2) is 0 Å². The number of hydrogen-bond donors (Lipinski definition) is 2. The van der Waals surface area contributed by atoms with Crippen molar-refractivity contribution in [2.24, 2.45) is 5.73 Å². The van der Waals surface area contributed by atoms with Crippen LogP contribution in [0.25, 0.3) is 0 Å². The number of nitriles is 1. The predicted octanol–water partition coefficient (Wildman–Crippen LogP) is 0.854. The van der Waals surface area contributed by atoms with E-state index in [0.717, 1.165) is 12.1 Å². The zero-order valence-electron chi connectivity index (χ0n) is 7.12. The van der Waals surface area contributed by atoms with Crippen LogP contribution in [0.1, 0.15) is 21.5 Å². The van der Waals surface area contributed by atoms with Gasteiger partial charge in [-0.15, -0.1) is 0 Å². The zero-order valence-corrected chi connectivity index (χ0v) is 7.12. The second-order valence-electron chi connectivity index (χ2n) is 2.61. The minimum atomic E-state index is -1.27. The van der Waals surface area contributed by atoms with Gasteiger partial charge in [-0.2, -0.15) is 5.26 Å². The molecule has 0 spiro atoms. The van der Waals surface area contributed by atoms with Crippen molar-refractivity contribution < 1.29 is 14.3 Å². The SMILES string of the molecule is N#Cc1cc(F)c(CN)cc1C(=O)O. The summed E-state index contributed by atoms with van der Waals surface area (Å²) in [5.74, 6) is -1.93. The number of rotatable bonds is 2. The Bertz CT molecular complexity index is 424. The van der Waals surface area contributed by atoms with Gasteiger partial charge in [0.05, 0.1) is 11.1 Å². The third-order valence-electron chi connectivity index (χ3n) is 1.76. The molecule has 0 atom stereocenters. The standard InChI is InChI=1S/C9H7FN2O2/c10-8-2-5(3-11)7(9(13)14)1-6(8)4-12/h1-2H,4,12H2,(H,13,14). The van der Waals surface area contributed by atoms with E-state index in [1.165, 1.54) is 0 Å². The van der Waals surface area contributed by atoms with Gasteiger partial charge in [-0.3, -0.25) is 0 Å². The molecule has 1 aromatic carbocycles. The fraction of sp³-hybridized carbons (Fsp3) is 0.111. The molecule has 0 fully saturated rings. The lowest BCUT2D eigenvalue weighted by molar-refractivity contribution is 0.0696. The highest BCUT2D eigenvalue weighted by Crippen LogP contribution is 2.15. The molecule has 0 heterocycles. The van der Waals surface area contributed by atoms with E-state index in [1.54, 1.807) is 6.07 Å². The highest BCUT2D eigenvalue weighted by molar-refractivity contribution is 5.90. The van der Waals surface area contributed by atoms with Crippen molar-refractivity contribution in [2.75, 3.05) is 0 Å². The average molecular weight is 194 g/mol. The van der Waals surface area contributed by atoms with Crippen LogP contribution in [0.4, 0.5) is 4.39 Å². The number of nitrogens with zero attached hydrogens (tertiary/aromatic N) is 1. The van der Waals surface area contributed by atoms with Crippen molar-refractivity contribution in [3.05, 3.63) is 34.6 Å². The summed E-state index contributed by atoms with van der Waals surface area (Å²) in [5, 5.41) is 17.2. The topological polar surface area (TPSA) is 87.1 Å². The van der Waals surface area contributed by atoms with Crippen molar-refractivity contribution in [1.82, 2.24) is 0 Å². The summed E-state index contributed by atoms with van der Waals surface area (Å²) in [6.07, 6.45) is 0. The van der Waals surface area contributed by atoms with Crippen LogP contribution in [-0.4, -0.2) is 11.1 Å². The maximum atomic E-state index is 13.1. The van der Waals surface area contributed by atoms with E-state index in [4.69, 9.17) is 16.1 Å². The van der Waals surface area contributed by atoms with Gasteiger partial charge in [0.1, 0.15) is 11.9 Å². The summed E-state index contributed by atoms with van der Waals surface area (Å²) >= 11 is 0. The minimum Gasteiger partial charge on any atom is -0.478 e. The van der Waals surface area contributed by atoms with Crippen LogP contribution >= 0.6 is 0 Å². The Labute approximate surface area is 79.4 Å². The molecular weight excluding hydrogens is 187 g/mol. The molecule has 72 valence electrons. The Morgan fingerprint density at radius 1 is 1.64 bits per heavy atom. The molecular formula is C9H7FN2O2. The maximum Gasteiger partial charge on any atom is 0.337 e. The molecule has 0 bridgehead atoms. The number of carboxylic acids is 1. The molecule has 0 aromatic heterocycles. The van der Waals surface area contributed by atoms with Gasteiger partial charge in [0.25, 0.3) is 0 Å². The van der Waals surface area contributed by atoms with Gasteiger partial charge in [-0.25, -0.2) is 9.18 Å². The van der Waals surface area contributed by atoms with E-state index in [-0.39, 0.29) is 23.2 Å². The number of carboxylic acid groups (broad SMARTS) is 1. The first kappa shape index (κ1) is 10.2. The maximum absolute atomic E-state index is 13.1. The molecule has 5 heteroatoms. The second-order valence-corrected chi connectivity index (χ2v) is 2.61. The van der Waals surface area contributed by atoms with Crippen LogP contribution in [-0.2, 0) is 6.54 Å². The number of nitrogens with two attached hydrogens (primary N) is 1. The number of benzene rings is 1. The summed E-state index contributed by atoms with van der Waals surface area (Å²) in [5.41, 5.74) is 4.85. The molecule has 4 nitrogen and oxygen atoms in total. The van der Waals surface area contributed by atoms with Gasteiger partial charge in [0, 0.05) is 12.1 Å². The van der Waals surface area contributed by atoms with E-state index < -0.39 is 11.8 Å². The van der Waals surface area contributed by atoms with Crippen molar-refractivity contribution in [2.45, 2.75) is 6.54 Å². The van der Waals surface area contributed by atoms with Gasteiger partial charge in [-0.1, -0.05) is 0 Å². The predicted molar refractivity (Wildman–Crippen MR) is 46.0 cm³/mol. The zero-order chi connectivity index (χ0) is 10.7. The van der Waals surface area contributed by atoms with E-state index in [0.29, 0.717) is 0 Å². The fourth-order valence-electron chi connectivity index (χ4n) is 1.04. The normalized spacial score (nSPS) is 9.50. The first-order chi connectivity index (χ1) is 6.60. The Kier molecular flexibility index (Phi) is 2.79. The molecule has 0 aliphatic carbocycles. The molecule has 1 aromatic rings. The Balaban J connectivity index is 3.42. The molecule has 0 unspecified atom stereocenters. The molecule has 0 saturated heterocycles. The smallest absolute Gasteiger partial charge is 0.337 e. The van der Waals surface area contributed by atoms with Crippen LogP contribution in [0.3, 0.4) is 0 Å². The highest BCUT2D eigenvalue weighted by atomic mass is 19.1. The van der Waals surface area contributed by atoms with Gasteiger partial charge in [0.2, 0.25) is 0 Å². The molecule has 0 saturated carbocycles. The van der Waals surface area contributed by atoms with Crippen LogP contribution in [0, 0.1) is 17.1 Å². The van der Waals surface area contributed by atoms with Crippen LogP contribution in [0.5, 0.6) is 0 Å². The third kappa shape index (κ3) is 1.70. The number of aromatic carboxylic acids is 1. The minimum absolute atomic E-state index is 0.0846. The van der Waals surface area contributed by atoms with Crippen LogP contribution in [0.15, 0.2) is 12.1 Å². The summed E-state index contributed by atoms with van der Waals surface area (Å²) in [4.78, 5) is 10.6. The number of carbonyl (C=O) groups is 1. The van der Waals surface area contributed by atoms with Crippen molar-refractivity contribution >= 4 is 5.97 Å². The fourth-order valence-corrected chi connectivity index (χ4v) is 1.04. The molecule has 0 amide bonds. The van der Waals surface area contributed by atoms with Crippen molar-refractivity contribution in [3.8, 4) is 6.07 Å². The van der Waals surface area contributed by atoms with Gasteiger partial charge < -0.3 is 10.8 Å². The quantitative estimate of drug-likeness (QED) is 0.730. The lowest BCUT2D eigenvalue weighted by Gasteiger charge is -2.03. The van der Waals surface area contributed by atoms with Crippen molar-refractivity contribution in [1.29, 1.82) is 5.26 Å². The van der Waals surface area contributed by atoms with E-state index >= 15 is 0 Å². The molecule has 0 aliphatic heterocycles. The average Bonchev–Trinajstić information content (AvgIpc) is 2.16. The van der Waals surface area contributed by atoms with Crippen molar-refractivity contribution in [3.63, 3.8) is 0 Å². The van der Waals surface area contributed by atoms with E-state index in [9.17, 15) is 9.18 Å². The monoisotopic (exact) mass is 194 g/mol. The van der Waals surface area contributed by atoms with Gasteiger partial charge >= 0.3 is 5.97 Å². The first-order valence-electron chi connectivity index (χ1n) is 3.76. The Morgan fingerprint density at radius 3 is 2.71 bits per heavy atom. The first-order valence-corrected chi connectivity index (χ1v) is 3.76. The summed E-state index contributed by atoms with van der Waals surface area (Å²) in [6, 6.07) is 3.57. The Hall–Kier alpha value is -1.93. The Morgan fingerprint density at radius 2 is 2.29 bits per heavy atom. The van der Waals surface area contributed by atoms with Crippen LogP contribution in [0.2, 0.25) is 0 Å². The molecule has 1 rings (SSSR count). The summed E-state index contributed by atoms with van der Waals surface area (Å²) in [6.45, 7) is -0.0994. The molecule has 0 radical (unpaired) electrons. The second kappa shape index (κ2) is 3.85. The number of hydrogen-bond acceptors (Lipinski definition) is 3. The molecule has 3 N–H and O–H groups in total. The van der Waals surface area contributed by atoms with Crippen LogP contribution < -0.4 is 5.73 Å². The number of halogens is 1. The lowest BCUT2D eigenvalue weighted by Crippen LogP contribution is -2.06. The summed E-state index contributed by atoms with van der Waals surface area (Å²) in [7, 11) is 0. The van der Waals surface area contributed by atoms with E-state index in [2.05, 4.69) is 0 Å². The largest absolute Gasteiger partial charge is 0.478 e. The third-order valence-corrected chi connectivity index (χ3v) is 1.76. The van der Waals surface area contributed by atoms with Gasteiger partial charge in [-0.05, 0) is 12.1 Å². The molecule has 14 heavy (non-hydrogen) atoms. The summed E-state index contributed by atoms with van der Waals surface area (Å²) < 4.78 is 13.1. The molecule has 0 aliphatic rings. The highest BCUT2D eigenvalue weighted by Gasteiger charge is 2.13.